The second kappa shape index (κ2) is 7.06. The largest absolute Gasteiger partial charge is 0.495 e. The molecule has 0 radical (unpaired) electrons. The molecule has 0 saturated carbocycles. The van der Waals surface area contributed by atoms with Crippen LogP contribution in [0.25, 0.3) is 0 Å². The summed E-state index contributed by atoms with van der Waals surface area (Å²) >= 11 is 0. The second-order valence-electron chi connectivity index (χ2n) is 4.85. The zero-order valence-corrected chi connectivity index (χ0v) is 13.4. The molecule has 1 aromatic rings. The monoisotopic (exact) mass is 300 g/mol. The van der Waals surface area contributed by atoms with E-state index in [1.54, 1.807) is 25.2 Å². The third-order valence-electron chi connectivity index (χ3n) is 3.45. The van der Waals surface area contributed by atoms with E-state index in [9.17, 15) is 8.42 Å². The summed E-state index contributed by atoms with van der Waals surface area (Å²) in [5, 5.41) is 0. The first-order valence-corrected chi connectivity index (χ1v) is 8.17. The molecular weight excluding hydrogens is 276 g/mol. The van der Waals surface area contributed by atoms with Crippen LogP contribution >= 0.6 is 0 Å². The van der Waals surface area contributed by atoms with E-state index >= 15 is 0 Å². The van der Waals surface area contributed by atoms with Gasteiger partial charge in [-0.2, -0.15) is 4.31 Å². The van der Waals surface area contributed by atoms with Gasteiger partial charge in [0, 0.05) is 19.6 Å². The van der Waals surface area contributed by atoms with E-state index in [-0.39, 0.29) is 10.9 Å². The lowest BCUT2D eigenvalue weighted by Crippen LogP contribution is -2.35. The van der Waals surface area contributed by atoms with E-state index in [1.165, 1.54) is 11.4 Å². The minimum atomic E-state index is -3.56. The smallest absolute Gasteiger partial charge is 0.246 e. The second-order valence-corrected chi connectivity index (χ2v) is 6.81. The van der Waals surface area contributed by atoms with Gasteiger partial charge < -0.3 is 10.5 Å². The van der Waals surface area contributed by atoms with Gasteiger partial charge in [-0.1, -0.05) is 19.4 Å². The number of methoxy groups -OCH3 is 1. The normalized spacial score (nSPS) is 13.5. The Kier molecular flexibility index (Phi) is 5.98. The molecule has 0 saturated heterocycles. The topological polar surface area (TPSA) is 72.6 Å². The maximum absolute atomic E-state index is 12.6. The third kappa shape index (κ3) is 3.50. The van der Waals surface area contributed by atoms with Crippen LogP contribution in [-0.2, 0) is 16.6 Å². The Morgan fingerprint density at radius 3 is 2.55 bits per heavy atom. The number of benzene rings is 1. The van der Waals surface area contributed by atoms with E-state index in [0.717, 1.165) is 18.4 Å². The Balaban J connectivity index is 3.21. The number of hydrogen-bond acceptors (Lipinski definition) is 4. The Labute approximate surface area is 121 Å². The van der Waals surface area contributed by atoms with Crippen LogP contribution in [0, 0.1) is 0 Å². The first-order valence-electron chi connectivity index (χ1n) is 6.73. The molecule has 0 heterocycles. The van der Waals surface area contributed by atoms with E-state index < -0.39 is 10.0 Å². The van der Waals surface area contributed by atoms with Crippen LogP contribution in [0.1, 0.15) is 32.3 Å². The van der Waals surface area contributed by atoms with Crippen molar-refractivity contribution in [2.24, 2.45) is 5.73 Å². The van der Waals surface area contributed by atoms with Crippen LogP contribution in [0.4, 0.5) is 0 Å². The number of sulfonamides is 1. The van der Waals surface area contributed by atoms with Crippen molar-refractivity contribution >= 4 is 10.0 Å². The van der Waals surface area contributed by atoms with Crippen molar-refractivity contribution in [2.45, 2.75) is 44.2 Å². The highest BCUT2D eigenvalue weighted by Gasteiger charge is 2.28. The van der Waals surface area contributed by atoms with Crippen molar-refractivity contribution in [3.63, 3.8) is 0 Å². The lowest BCUT2D eigenvalue weighted by Gasteiger charge is -2.25. The third-order valence-corrected chi connectivity index (χ3v) is 5.46. The molecule has 0 amide bonds. The molecule has 0 aliphatic rings. The molecule has 1 atom stereocenters. The zero-order chi connectivity index (χ0) is 15.3. The van der Waals surface area contributed by atoms with Crippen LogP contribution in [0.3, 0.4) is 0 Å². The van der Waals surface area contributed by atoms with Crippen LogP contribution in [-0.4, -0.2) is 32.9 Å². The van der Waals surface area contributed by atoms with Crippen molar-refractivity contribution in [1.82, 2.24) is 4.31 Å². The predicted molar refractivity (Wildman–Crippen MR) is 80.2 cm³/mol. The molecule has 5 nitrogen and oxygen atoms in total. The average molecular weight is 300 g/mol. The fourth-order valence-corrected chi connectivity index (χ4v) is 3.57. The average Bonchev–Trinajstić information content (AvgIpc) is 2.45. The summed E-state index contributed by atoms with van der Waals surface area (Å²) in [5.74, 6) is 0.337. The summed E-state index contributed by atoms with van der Waals surface area (Å²) in [7, 11) is -0.495. The highest BCUT2D eigenvalue weighted by molar-refractivity contribution is 7.89. The Morgan fingerprint density at radius 1 is 1.40 bits per heavy atom. The molecule has 114 valence electrons. The number of hydrogen-bond donors (Lipinski definition) is 1. The standard InChI is InChI=1S/C14H24N2O3S/c1-5-6-11(2)16(3)20(17,18)14-8-7-12(10-15)9-13(14)19-4/h7-9,11H,5-6,10,15H2,1-4H3. The first kappa shape index (κ1) is 16.9. The fourth-order valence-electron chi connectivity index (χ4n) is 2.04. The minimum Gasteiger partial charge on any atom is -0.495 e. The van der Waals surface area contributed by atoms with Crippen LogP contribution in [0.15, 0.2) is 23.1 Å². The molecule has 1 aromatic carbocycles. The quantitative estimate of drug-likeness (QED) is 0.835. The van der Waals surface area contributed by atoms with Gasteiger partial charge in [0.05, 0.1) is 7.11 Å². The molecular formula is C14H24N2O3S. The van der Waals surface area contributed by atoms with Crippen LogP contribution in [0.5, 0.6) is 5.75 Å². The highest BCUT2D eigenvalue weighted by Crippen LogP contribution is 2.28. The predicted octanol–water partition coefficient (Wildman–Crippen LogP) is 1.96. The molecule has 0 aromatic heterocycles. The van der Waals surface area contributed by atoms with E-state index in [4.69, 9.17) is 10.5 Å². The van der Waals surface area contributed by atoms with Crippen molar-refractivity contribution in [3.8, 4) is 5.75 Å². The minimum absolute atomic E-state index is 0.0520. The maximum Gasteiger partial charge on any atom is 0.246 e. The van der Waals surface area contributed by atoms with Gasteiger partial charge in [-0.15, -0.1) is 0 Å². The lowest BCUT2D eigenvalue weighted by atomic mass is 10.2. The zero-order valence-electron chi connectivity index (χ0n) is 12.6. The molecule has 2 N–H and O–H groups in total. The van der Waals surface area contributed by atoms with Gasteiger partial charge in [-0.25, -0.2) is 8.42 Å². The Morgan fingerprint density at radius 2 is 2.05 bits per heavy atom. The summed E-state index contributed by atoms with van der Waals surface area (Å²) in [4.78, 5) is 0.183. The Bertz CT molecular complexity index is 543. The number of nitrogens with two attached hydrogens (primary N) is 1. The molecule has 1 unspecified atom stereocenters. The number of nitrogens with zero attached hydrogens (tertiary/aromatic N) is 1. The van der Waals surface area contributed by atoms with Crippen LogP contribution < -0.4 is 10.5 Å². The molecule has 0 bridgehead atoms. The molecule has 6 heteroatoms. The Hall–Kier alpha value is -1.11. The van der Waals surface area contributed by atoms with Gasteiger partial charge in [0.1, 0.15) is 10.6 Å². The molecule has 1 rings (SSSR count). The van der Waals surface area contributed by atoms with Gasteiger partial charge in [-0.05, 0) is 31.0 Å². The summed E-state index contributed by atoms with van der Waals surface area (Å²) < 4.78 is 31.9. The van der Waals surface area contributed by atoms with Crippen molar-refractivity contribution in [2.75, 3.05) is 14.2 Å². The summed E-state index contributed by atoms with van der Waals surface area (Å²) in [5.41, 5.74) is 6.40. The summed E-state index contributed by atoms with van der Waals surface area (Å²) in [6, 6.07) is 4.90. The van der Waals surface area contributed by atoms with Crippen molar-refractivity contribution in [1.29, 1.82) is 0 Å². The van der Waals surface area contributed by atoms with E-state index in [2.05, 4.69) is 0 Å². The van der Waals surface area contributed by atoms with Crippen LogP contribution in [0.2, 0.25) is 0 Å². The van der Waals surface area contributed by atoms with Crippen molar-refractivity contribution in [3.05, 3.63) is 23.8 Å². The van der Waals surface area contributed by atoms with Gasteiger partial charge in [-0.3, -0.25) is 0 Å². The molecule has 0 spiro atoms. The summed E-state index contributed by atoms with van der Waals surface area (Å²) in [6.45, 7) is 4.29. The van der Waals surface area contributed by atoms with Crippen molar-refractivity contribution < 1.29 is 13.2 Å². The lowest BCUT2D eigenvalue weighted by molar-refractivity contribution is 0.362. The first-order chi connectivity index (χ1) is 9.38. The van der Waals surface area contributed by atoms with E-state index in [1.807, 2.05) is 13.8 Å². The number of rotatable bonds is 7. The van der Waals surface area contributed by atoms with Gasteiger partial charge >= 0.3 is 0 Å². The summed E-state index contributed by atoms with van der Waals surface area (Å²) in [6.07, 6.45) is 1.75. The SMILES string of the molecule is CCCC(C)N(C)S(=O)(=O)c1ccc(CN)cc1OC. The van der Waals surface area contributed by atoms with Gasteiger partial charge in [0.15, 0.2) is 0 Å². The maximum atomic E-state index is 12.6. The molecule has 0 fully saturated rings. The molecule has 0 aliphatic heterocycles. The molecule has 20 heavy (non-hydrogen) atoms. The highest BCUT2D eigenvalue weighted by atomic mass is 32.2. The molecule has 0 aliphatic carbocycles. The van der Waals surface area contributed by atoms with E-state index in [0.29, 0.717) is 12.3 Å². The number of ether oxygens (including phenoxy) is 1. The van der Waals surface area contributed by atoms with Gasteiger partial charge in [0.2, 0.25) is 10.0 Å². The fraction of sp³-hybridized carbons (Fsp3) is 0.571. The van der Waals surface area contributed by atoms with Gasteiger partial charge in [0.25, 0.3) is 0 Å².